The summed E-state index contributed by atoms with van der Waals surface area (Å²) < 4.78 is 17.3. The number of amides is 1. The van der Waals surface area contributed by atoms with Crippen molar-refractivity contribution in [2.24, 2.45) is 0 Å². The first-order valence-corrected chi connectivity index (χ1v) is 11.1. The highest BCUT2D eigenvalue weighted by atomic mass is 32.2. The normalized spacial score (nSPS) is 14.8. The molecular formula is C23H27NO5S. The molecule has 0 bridgehead atoms. The number of aryl methyl sites for hydroxylation is 1. The van der Waals surface area contributed by atoms with Crippen LogP contribution in [0, 0.1) is 0 Å². The lowest BCUT2D eigenvalue weighted by Crippen LogP contribution is -2.26. The number of thioether (sulfide) groups is 1. The minimum atomic E-state index is -0.286. The van der Waals surface area contributed by atoms with Gasteiger partial charge in [0.05, 0.1) is 31.8 Å². The highest BCUT2D eigenvalue weighted by molar-refractivity contribution is 7.98. The molecule has 1 N–H and O–H groups in total. The highest BCUT2D eigenvalue weighted by Gasteiger charge is 2.29. The number of ether oxygens (including phenoxy) is 3. The fraction of sp³-hybridized carbons (Fsp3) is 0.391. The second-order valence-electron chi connectivity index (χ2n) is 6.98. The number of carbonyl (C=O) groups excluding carboxylic acids is 1. The first-order valence-electron chi connectivity index (χ1n) is 9.85. The molecule has 2 aromatic carbocycles. The molecule has 160 valence electrons. The van der Waals surface area contributed by atoms with Gasteiger partial charge in [-0.2, -0.15) is 0 Å². The predicted molar refractivity (Wildman–Crippen MR) is 119 cm³/mol. The molecule has 0 spiro atoms. The van der Waals surface area contributed by atoms with E-state index in [-0.39, 0.29) is 17.4 Å². The largest absolute Gasteiger partial charge is 0.493 e. The molecular weight excluding hydrogens is 402 g/mol. The van der Waals surface area contributed by atoms with E-state index in [9.17, 15) is 9.59 Å². The molecule has 0 aliphatic heterocycles. The van der Waals surface area contributed by atoms with Crippen LogP contribution in [0.3, 0.4) is 0 Å². The molecule has 0 radical (unpaired) electrons. The van der Waals surface area contributed by atoms with Crippen LogP contribution in [0.25, 0.3) is 11.1 Å². The van der Waals surface area contributed by atoms with Crippen molar-refractivity contribution in [2.45, 2.75) is 37.6 Å². The van der Waals surface area contributed by atoms with Gasteiger partial charge in [-0.25, -0.2) is 0 Å². The van der Waals surface area contributed by atoms with E-state index in [1.54, 1.807) is 20.3 Å². The Hall–Kier alpha value is -2.67. The fourth-order valence-corrected chi connectivity index (χ4v) is 4.41. The molecule has 6 nitrogen and oxygen atoms in total. The van der Waals surface area contributed by atoms with Crippen molar-refractivity contribution in [1.82, 2.24) is 5.32 Å². The van der Waals surface area contributed by atoms with Crippen LogP contribution in [0.5, 0.6) is 17.2 Å². The molecule has 1 atom stereocenters. The molecule has 7 heteroatoms. The van der Waals surface area contributed by atoms with E-state index < -0.39 is 0 Å². The van der Waals surface area contributed by atoms with Gasteiger partial charge in [0.15, 0.2) is 16.9 Å². The van der Waals surface area contributed by atoms with Gasteiger partial charge in [0.25, 0.3) is 0 Å². The van der Waals surface area contributed by atoms with Gasteiger partial charge in [-0.15, -0.1) is 11.8 Å². The summed E-state index contributed by atoms with van der Waals surface area (Å²) in [6.45, 7) is 3.85. The Balaban J connectivity index is 2.40. The molecule has 0 fully saturated rings. The van der Waals surface area contributed by atoms with Crippen molar-refractivity contribution in [2.75, 3.05) is 27.1 Å². The van der Waals surface area contributed by atoms with E-state index >= 15 is 0 Å². The van der Waals surface area contributed by atoms with Crippen LogP contribution in [0.1, 0.15) is 37.4 Å². The fourth-order valence-electron chi connectivity index (χ4n) is 3.95. The molecule has 30 heavy (non-hydrogen) atoms. The van der Waals surface area contributed by atoms with Crippen LogP contribution in [0.2, 0.25) is 0 Å². The summed E-state index contributed by atoms with van der Waals surface area (Å²) in [5.74, 6) is 1.56. The summed E-state index contributed by atoms with van der Waals surface area (Å²) >= 11 is 1.40. The Morgan fingerprint density at radius 1 is 1.20 bits per heavy atom. The van der Waals surface area contributed by atoms with Crippen molar-refractivity contribution in [1.29, 1.82) is 0 Å². The lowest BCUT2D eigenvalue weighted by Gasteiger charge is -2.20. The van der Waals surface area contributed by atoms with Crippen LogP contribution >= 0.6 is 11.8 Å². The second-order valence-corrected chi connectivity index (χ2v) is 7.83. The maximum Gasteiger partial charge on any atom is 0.217 e. The number of nitrogens with one attached hydrogen (secondary N) is 1. The zero-order valence-electron chi connectivity index (χ0n) is 18.0. The van der Waals surface area contributed by atoms with Gasteiger partial charge in [-0.1, -0.05) is 6.07 Å². The van der Waals surface area contributed by atoms with E-state index in [1.807, 2.05) is 31.4 Å². The van der Waals surface area contributed by atoms with E-state index in [0.29, 0.717) is 41.6 Å². The van der Waals surface area contributed by atoms with E-state index in [2.05, 4.69) is 5.32 Å². The molecule has 0 saturated heterocycles. The number of methoxy groups -OCH3 is 2. The highest BCUT2D eigenvalue weighted by Crippen LogP contribution is 2.50. The van der Waals surface area contributed by atoms with Gasteiger partial charge in [0, 0.05) is 12.5 Å². The van der Waals surface area contributed by atoms with Gasteiger partial charge < -0.3 is 19.5 Å². The Kier molecular flexibility index (Phi) is 6.92. The summed E-state index contributed by atoms with van der Waals surface area (Å²) in [7, 11) is 3.20. The summed E-state index contributed by atoms with van der Waals surface area (Å²) in [6.07, 6.45) is 3.21. The van der Waals surface area contributed by atoms with Crippen molar-refractivity contribution >= 4 is 17.7 Å². The summed E-state index contributed by atoms with van der Waals surface area (Å²) in [4.78, 5) is 25.3. The first-order chi connectivity index (χ1) is 14.4. The summed E-state index contributed by atoms with van der Waals surface area (Å²) in [6, 6.07) is 7.08. The van der Waals surface area contributed by atoms with E-state index in [4.69, 9.17) is 14.2 Å². The van der Waals surface area contributed by atoms with Gasteiger partial charge in [0.2, 0.25) is 11.7 Å². The van der Waals surface area contributed by atoms with Crippen LogP contribution in [0.15, 0.2) is 34.0 Å². The van der Waals surface area contributed by atoms with E-state index in [0.717, 1.165) is 22.3 Å². The van der Waals surface area contributed by atoms with Gasteiger partial charge in [-0.3, -0.25) is 9.59 Å². The lowest BCUT2D eigenvalue weighted by molar-refractivity contribution is -0.119. The van der Waals surface area contributed by atoms with Crippen molar-refractivity contribution < 1.29 is 19.0 Å². The molecule has 2 aromatic rings. The topological polar surface area (TPSA) is 73.9 Å². The van der Waals surface area contributed by atoms with Crippen LogP contribution in [0.4, 0.5) is 0 Å². The van der Waals surface area contributed by atoms with Crippen molar-refractivity contribution in [3.63, 3.8) is 0 Å². The summed E-state index contributed by atoms with van der Waals surface area (Å²) in [5.41, 5.74) is 3.44. The van der Waals surface area contributed by atoms with Gasteiger partial charge in [0.1, 0.15) is 0 Å². The molecule has 0 saturated carbocycles. The number of benzene rings is 1. The molecule has 0 aromatic heterocycles. The van der Waals surface area contributed by atoms with Crippen molar-refractivity contribution in [3.05, 3.63) is 45.6 Å². The number of hydrogen-bond acceptors (Lipinski definition) is 6. The van der Waals surface area contributed by atoms with Gasteiger partial charge in [-0.05, 0) is 60.9 Å². The molecule has 1 unspecified atom stereocenters. The third-order valence-corrected chi connectivity index (χ3v) is 5.96. The van der Waals surface area contributed by atoms with E-state index in [1.165, 1.54) is 18.7 Å². The maximum absolute atomic E-state index is 12.8. The third-order valence-electron chi connectivity index (χ3n) is 5.18. The predicted octanol–water partition coefficient (Wildman–Crippen LogP) is 3.98. The number of fused-ring (bicyclic) bond motifs is 3. The second kappa shape index (κ2) is 9.43. The smallest absolute Gasteiger partial charge is 0.217 e. The molecule has 3 rings (SSSR count). The Morgan fingerprint density at radius 2 is 1.97 bits per heavy atom. The van der Waals surface area contributed by atoms with Crippen molar-refractivity contribution in [3.8, 4) is 28.4 Å². The summed E-state index contributed by atoms with van der Waals surface area (Å²) in [5, 5.41) is 3.01. The molecule has 1 aliphatic carbocycles. The number of rotatable bonds is 6. The van der Waals surface area contributed by atoms with Crippen LogP contribution in [-0.2, 0) is 11.2 Å². The van der Waals surface area contributed by atoms with Gasteiger partial charge >= 0.3 is 0 Å². The number of hydrogen-bond donors (Lipinski definition) is 1. The molecule has 1 amide bonds. The zero-order valence-corrected chi connectivity index (χ0v) is 18.8. The maximum atomic E-state index is 12.8. The minimum Gasteiger partial charge on any atom is -0.493 e. The Labute approximate surface area is 180 Å². The SMILES string of the molecule is CCOc1c(OC)cc2c(c1OC)-c1ccc(SC)c(=O)cc1C(NC(C)=O)CC2. The lowest BCUT2D eigenvalue weighted by atomic mass is 9.95. The average molecular weight is 430 g/mol. The Morgan fingerprint density at radius 3 is 2.57 bits per heavy atom. The molecule has 1 aliphatic rings. The minimum absolute atomic E-state index is 0.0694. The molecule has 0 heterocycles. The standard InChI is InChI=1S/C23H27NO5S/c1-6-29-22-19(27-3)11-14-7-9-17(24-13(2)25)16-12-18(26)20(30-5)10-8-15(16)21(14)23(22)28-4/h8,10-12,17H,6-7,9H2,1-5H3,(H,24,25). The quantitative estimate of drug-likeness (QED) is 0.701. The zero-order chi connectivity index (χ0) is 21.8. The average Bonchev–Trinajstić information content (AvgIpc) is 2.96. The van der Waals surface area contributed by atoms with Crippen LogP contribution in [-0.4, -0.2) is 33.0 Å². The van der Waals surface area contributed by atoms with Crippen LogP contribution < -0.4 is 25.0 Å². The number of carbonyl (C=O) groups is 1. The third kappa shape index (κ3) is 4.12. The monoisotopic (exact) mass is 429 g/mol. The Bertz CT molecular complexity index is 1020. The first kappa shape index (κ1) is 22.0.